The van der Waals surface area contributed by atoms with Gasteiger partial charge in [0, 0.05) is 22.7 Å². The van der Waals surface area contributed by atoms with Gasteiger partial charge in [-0.1, -0.05) is 32.8 Å². The lowest BCUT2D eigenvalue weighted by Gasteiger charge is -2.62. The van der Waals surface area contributed by atoms with Crippen LogP contribution in [0.2, 0.25) is 0 Å². The van der Waals surface area contributed by atoms with E-state index < -0.39 is 76.1 Å². The maximum Gasteiger partial charge on any atom is 0.509 e. The lowest BCUT2D eigenvalue weighted by molar-refractivity contribution is -0.232. The van der Waals surface area contributed by atoms with E-state index in [0.29, 0.717) is 0 Å². The minimum atomic E-state index is -2.34. The summed E-state index contributed by atoms with van der Waals surface area (Å²) in [6.07, 6.45) is 2.28. The molecule has 4 saturated carbocycles. The molecule has 0 aromatic rings. The third-order valence-electron chi connectivity index (χ3n) is 11.1. The van der Waals surface area contributed by atoms with Gasteiger partial charge in [0.05, 0.1) is 6.10 Å². The highest BCUT2D eigenvalue weighted by atomic mass is 19.1. The first-order chi connectivity index (χ1) is 17.7. The highest BCUT2D eigenvalue weighted by molar-refractivity contribution is 6.01. The van der Waals surface area contributed by atoms with Crippen molar-refractivity contribution in [3.63, 3.8) is 0 Å². The quantitative estimate of drug-likeness (QED) is 0.481. The van der Waals surface area contributed by atoms with Gasteiger partial charge in [-0.3, -0.25) is 4.79 Å². The van der Waals surface area contributed by atoms with Gasteiger partial charge in [0.25, 0.3) is 0 Å². The fourth-order valence-corrected chi connectivity index (χ4v) is 9.07. The first-order valence-electron chi connectivity index (χ1n) is 13.8. The minimum absolute atomic E-state index is 0.00248. The number of carboxylic acid groups (broad SMARTS) is 1. The summed E-state index contributed by atoms with van der Waals surface area (Å²) in [4.78, 5) is 38.0. The average molecular weight is 537 g/mol. The van der Waals surface area contributed by atoms with Gasteiger partial charge in [-0.05, 0) is 75.5 Å². The van der Waals surface area contributed by atoms with Gasteiger partial charge in [-0.2, -0.15) is 0 Å². The molecule has 5 aliphatic carbocycles. The van der Waals surface area contributed by atoms with Crippen molar-refractivity contribution in [3.8, 4) is 0 Å². The molecule has 0 aliphatic heterocycles. The van der Waals surface area contributed by atoms with Crippen LogP contribution in [0.4, 0.5) is 13.6 Å². The Morgan fingerprint density at radius 2 is 1.82 bits per heavy atom. The average Bonchev–Trinajstić information content (AvgIpc) is 3.45. The van der Waals surface area contributed by atoms with E-state index in [1.165, 1.54) is 19.1 Å². The molecule has 0 radical (unpaired) electrons. The largest absolute Gasteiger partial charge is 0.509 e. The smallest absolute Gasteiger partial charge is 0.478 e. The van der Waals surface area contributed by atoms with Crippen molar-refractivity contribution < 1.29 is 42.9 Å². The van der Waals surface area contributed by atoms with Crippen molar-refractivity contribution in [2.75, 3.05) is 0 Å². The molecule has 5 rings (SSSR count). The van der Waals surface area contributed by atoms with E-state index in [9.17, 15) is 24.6 Å². The Morgan fingerprint density at radius 3 is 2.45 bits per heavy atom. The number of fused-ring (bicyclic) bond motifs is 5. The Balaban J connectivity index is 1.51. The molecule has 7 nitrogen and oxygen atoms in total. The van der Waals surface area contributed by atoms with E-state index in [1.54, 1.807) is 20.8 Å². The molecule has 2 N–H and O–H groups in total. The molecule has 0 amide bonds. The molecule has 0 aromatic carbocycles. The van der Waals surface area contributed by atoms with Crippen molar-refractivity contribution >= 4 is 17.9 Å². The molecule has 10 atom stereocenters. The van der Waals surface area contributed by atoms with E-state index in [0.717, 1.165) is 31.8 Å². The van der Waals surface area contributed by atoms with Crippen LogP contribution in [0, 0.1) is 34.5 Å². The van der Waals surface area contributed by atoms with Crippen LogP contribution in [0.5, 0.6) is 0 Å². The number of hydrogen-bond donors (Lipinski definition) is 2. The topological polar surface area (TPSA) is 110 Å². The van der Waals surface area contributed by atoms with Crippen LogP contribution in [-0.2, 0) is 19.1 Å². The molecule has 0 aromatic heterocycles. The highest BCUT2D eigenvalue weighted by Gasteiger charge is 2.78. The predicted octanol–water partition coefficient (Wildman–Crippen LogP) is 5.11. The first-order valence-corrected chi connectivity index (χ1v) is 13.8. The summed E-state index contributed by atoms with van der Waals surface area (Å²) in [5, 5.41) is 22.0. The SMILES string of the molecule is CC(OC(=O)O[C@]1(C(=O)O)[C@H](C)C[C@H]2[C@@H]3C[C@H](F)C4=CC(=O)C=C[C@]4(C)[C@@]3(F)[C@@H](O)C[C@@]21C)C1CCCC1. The van der Waals surface area contributed by atoms with Crippen LogP contribution < -0.4 is 0 Å². The van der Waals surface area contributed by atoms with E-state index in [4.69, 9.17) is 9.47 Å². The number of aliphatic carboxylic acids is 1. The summed E-state index contributed by atoms with van der Waals surface area (Å²) in [7, 11) is 0. The number of aliphatic hydroxyl groups excluding tert-OH is 1. The lowest BCUT2D eigenvalue weighted by Crippen LogP contribution is -2.71. The highest BCUT2D eigenvalue weighted by Crippen LogP contribution is 2.71. The number of aliphatic hydroxyl groups is 1. The number of ether oxygens (including phenoxy) is 2. The Hall–Kier alpha value is -2.29. The lowest BCUT2D eigenvalue weighted by atomic mass is 9.44. The molecule has 5 aliphatic rings. The third-order valence-corrected chi connectivity index (χ3v) is 11.1. The second-order valence-electron chi connectivity index (χ2n) is 12.8. The molecule has 0 bridgehead atoms. The van der Waals surface area contributed by atoms with Gasteiger partial charge in [0.1, 0.15) is 12.3 Å². The van der Waals surface area contributed by atoms with E-state index in [2.05, 4.69) is 0 Å². The van der Waals surface area contributed by atoms with Crippen molar-refractivity contribution in [2.45, 2.75) is 102 Å². The summed E-state index contributed by atoms with van der Waals surface area (Å²) >= 11 is 0. The molecule has 9 heteroatoms. The maximum absolute atomic E-state index is 17.3. The number of hydrogen-bond acceptors (Lipinski definition) is 6. The zero-order chi connectivity index (χ0) is 27.8. The number of halogens is 2. The van der Waals surface area contributed by atoms with Crippen molar-refractivity contribution in [3.05, 3.63) is 23.8 Å². The molecule has 4 fully saturated rings. The fraction of sp³-hybridized carbons (Fsp3) is 0.759. The van der Waals surface area contributed by atoms with E-state index >= 15 is 8.78 Å². The van der Waals surface area contributed by atoms with Crippen LogP contribution in [0.15, 0.2) is 23.8 Å². The second-order valence-corrected chi connectivity index (χ2v) is 12.8. The summed E-state index contributed by atoms with van der Waals surface area (Å²) in [6, 6.07) is 0. The fourth-order valence-electron chi connectivity index (χ4n) is 9.07. The number of carboxylic acids is 1. The number of carbonyl (C=O) groups excluding carboxylic acids is 2. The Kier molecular flexibility index (Phi) is 6.36. The Labute approximate surface area is 221 Å². The predicted molar refractivity (Wildman–Crippen MR) is 133 cm³/mol. The van der Waals surface area contributed by atoms with Gasteiger partial charge < -0.3 is 19.7 Å². The summed E-state index contributed by atoms with van der Waals surface area (Å²) in [6.45, 7) is 6.51. The summed E-state index contributed by atoms with van der Waals surface area (Å²) in [5.41, 5.74) is -7.39. The number of rotatable bonds is 4. The molecular weight excluding hydrogens is 498 g/mol. The maximum atomic E-state index is 17.3. The first kappa shape index (κ1) is 27.3. The van der Waals surface area contributed by atoms with Gasteiger partial charge >= 0.3 is 12.1 Å². The number of ketones is 1. The molecular formula is C29H38F2O7. The van der Waals surface area contributed by atoms with E-state index in [1.807, 2.05) is 0 Å². The summed E-state index contributed by atoms with van der Waals surface area (Å²) < 4.78 is 44.2. The van der Waals surface area contributed by atoms with Gasteiger partial charge in [-0.25, -0.2) is 18.4 Å². The molecule has 1 unspecified atom stereocenters. The molecule has 210 valence electrons. The summed E-state index contributed by atoms with van der Waals surface area (Å²) in [5.74, 6) is -4.16. The second kappa shape index (κ2) is 8.86. The van der Waals surface area contributed by atoms with Gasteiger partial charge in [0.2, 0.25) is 5.60 Å². The van der Waals surface area contributed by atoms with Gasteiger partial charge in [0.15, 0.2) is 11.5 Å². The number of allylic oxidation sites excluding steroid dienone is 4. The zero-order valence-corrected chi connectivity index (χ0v) is 22.4. The van der Waals surface area contributed by atoms with Crippen LogP contribution >= 0.6 is 0 Å². The Bertz CT molecular complexity index is 1100. The van der Waals surface area contributed by atoms with Crippen LogP contribution in [0.1, 0.15) is 72.6 Å². The van der Waals surface area contributed by atoms with Crippen molar-refractivity contribution in [2.24, 2.45) is 34.5 Å². The minimum Gasteiger partial charge on any atom is -0.478 e. The normalized spacial score (nSPS) is 47.0. The third kappa shape index (κ3) is 3.42. The number of alkyl halides is 2. The van der Waals surface area contributed by atoms with Crippen LogP contribution in [0.3, 0.4) is 0 Å². The molecule has 0 saturated heterocycles. The zero-order valence-electron chi connectivity index (χ0n) is 22.4. The van der Waals surface area contributed by atoms with E-state index in [-0.39, 0.29) is 30.8 Å². The van der Waals surface area contributed by atoms with Gasteiger partial charge in [-0.15, -0.1) is 0 Å². The monoisotopic (exact) mass is 536 g/mol. The van der Waals surface area contributed by atoms with Crippen LogP contribution in [-0.4, -0.2) is 57.8 Å². The van der Waals surface area contributed by atoms with Crippen LogP contribution in [0.25, 0.3) is 0 Å². The molecule has 0 heterocycles. The van der Waals surface area contributed by atoms with Crippen molar-refractivity contribution in [1.29, 1.82) is 0 Å². The molecule has 38 heavy (non-hydrogen) atoms. The Morgan fingerprint density at radius 1 is 1.16 bits per heavy atom. The number of carbonyl (C=O) groups is 3. The van der Waals surface area contributed by atoms with Crippen molar-refractivity contribution in [1.82, 2.24) is 0 Å². The standard InChI is InChI=1S/C29H38F2O7/c1-15-11-19-20-13-22(30)21-12-18(32)9-10-26(21,3)28(20,31)23(33)14-27(19,4)29(15,24(34)35)38-25(36)37-16(2)17-7-5-6-8-17/h9-10,12,15-17,19-20,22-23,33H,5-8,11,13-14H2,1-4H3,(H,34,35)/t15-,16?,19+,20+,22+,23+,26+,27+,28+,29+/m1/s1. The molecule has 0 spiro atoms.